The smallest absolute Gasteiger partial charge is 0.303 e. The fourth-order valence-electron chi connectivity index (χ4n) is 2.40. The van der Waals surface area contributed by atoms with Gasteiger partial charge in [-0.3, -0.25) is 9.59 Å². The molecule has 1 heterocycles. The minimum absolute atomic E-state index is 0.0580. The predicted octanol–water partition coefficient (Wildman–Crippen LogP) is 1.07. The van der Waals surface area contributed by atoms with Crippen LogP contribution >= 0.6 is 0 Å². The lowest BCUT2D eigenvalue weighted by Gasteiger charge is -2.26. The van der Waals surface area contributed by atoms with Crippen molar-refractivity contribution in [2.45, 2.75) is 44.8 Å². The summed E-state index contributed by atoms with van der Waals surface area (Å²) in [7, 11) is 0. The Balaban J connectivity index is 1.87. The maximum atomic E-state index is 12.1. The average Bonchev–Trinajstić information content (AvgIpc) is 2.44. The van der Waals surface area contributed by atoms with Crippen LogP contribution in [-0.2, 0) is 22.6 Å². The van der Waals surface area contributed by atoms with Gasteiger partial charge < -0.3 is 15.7 Å². The van der Waals surface area contributed by atoms with E-state index in [2.05, 4.69) is 16.7 Å². The maximum absolute atomic E-state index is 12.1. The molecule has 0 bridgehead atoms. The molecule has 1 aliphatic heterocycles. The molecule has 0 radical (unpaired) electrons. The monoisotopic (exact) mass is 276 g/mol. The number of rotatable bonds is 5. The highest BCUT2D eigenvalue weighted by Crippen LogP contribution is 2.16. The fraction of sp³-hybridized carbons (Fsp3) is 0.467. The Morgan fingerprint density at radius 1 is 1.40 bits per heavy atom. The van der Waals surface area contributed by atoms with Gasteiger partial charge in [-0.2, -0.15) is 0 Å². The van der Waals surface area contributed by atoms with Crippen LogP contribution in [0.5, 0.6) is 0 Å². The molecule has 1 aromatic carbocycles. The zero-order valence-electron chi connectivity index (χ0n) is 11.6. The van der Waals surface area contributed by atoms with E-state index in [4.69, 9.17) is 5.11 Å². The van der Waals surface area contributed by atoms with Crippen molar-refractivity contribution in [3.05, 3.63) is 35.4 Å². The molecular formula is C15H20N2O3. The van der Waals surface area contributed by atoms with Crippen LogP contribution in [-0.4, -0.2) is 29.1 Å². The second-order valence-electron chi connectivity index (χ2n) is 5.25. The minimum atomic E-state index is -0.837. The highest BCUT2D eigenvalue weighted by molar-refractivity contribution is 5.82. The molecule has 1 aliphatic rings. The summed E-state index contributed by atoms with van der Waals surface area (Å²) in [5, 5.41) is 14.7. The normalized spacial score (nSPS) is 18.9. The number of carbonyl (C=O) groups is 2. The largest absolute Gasteiger partial charge is 0.481 e. The zero-order valence-corrected chi connectivity index (χ0v) is 11.6. The Hall–Kier alpha value is -1.88. The third-order valence-corrected chi connectivity index (χ3v) is 3.58. The van der Waals surface area contributed by atoms with E-state index in [-0.39, 0.29) is 24.4 Å². The fourth-order valence-corrected chi connectivity index (χ4v) is 2.40. The van der Waals surface area contributed by atoms with Crippen LogP contribution in [0.15, 0.2) is 24.3 Å². The van der Waals surface area contributed by atoms with E-state index in [0.29, 0.717) is 19.4 Å². The van der Waals surface area contributed by atoms with E-state index in [1.807, 2.05) is 25.1 Å². The van der Waals surface area contributed by atoms with E-state index in [1.54, 1.807) is 0 Å². The Morgan fingerprint density at radius 2 is 2.10 bits per heavy atom. The number of carboxylic acid groups (broad SMARTS) is 1. The average molecular weight is 276 g/mol. The molecular weight excluding hydrogens is 256 g/mol. The summed E-state index contributed by atoms with van der Waals surface area (Å²) in [6.07, 6.45) is 1.19. The summed E-state index contributed by atoms with van der Waals surface area (Å²) < 4.78 is 0. The lowest BCUT2D eigenvalue weighted by molar-refractivity contribution is -0.137. The number of hydrogen-bond donors (Lipinski definition) is 3. The SMILES string of the molecule is CC(CCC(=O)O)NC(=O)[C@@H]1Cc2ccccc2CN1. The number of benzene rings is 1. The molecule has 1 amide bonds. The summed E-state index contributed by atoms with van der Waals surface area (Å²) >= 11 is 0. The highest BCUT2D eigenvalue weighted by atomic mass is 16.4. The number of carboxylic acids is 1. The summed E-state index contributed by atoms with van der Waals surface area (Å²) in [6, 6.07) is 7.72. The van der Waals surface area contributed by atoms with Crippen LogP contribution in [0.25, 0.3) is 0 Å². The van der Waals surface area contributed by atoms with E-state index in [1.165, 1.54) is 11.1 Å². The van der Waals surface area contributed by atoms with Gasteiger partial charge in [0.2, 0.25) is 5.91 Å². The quantitative estimate of drug-likeness (QED) is 0.751. The van der Waals surface area contributed by atoms with E-state index in [9.17, 15) is 9.59 Å². The van der Waals surface area contributed by atoms with Crippen LogP contribution in [0, 0.1) is 0 Å². The third kappa shape index (κ3) is 3.81. The first-order valence-corrected chi connectivity index (χ1v) is 6.88. The maximum Gasteiger partial charge on any atom is 0.303 e. The van der Waals surface area contributed by atoms with Crippen LogP contribution in [0.4, 0.5) is 0 Å². The molecule has 0 fully saturated rings. The molecule has 0 spiro atoms. The molecule has 5 heteroatoms. The van der Waals surface area contributed by atoms with E-state index < -0.39 is 5.97 Å². The molecule has 108 valence electrons. The molecule has 0 aliphatic carbocycles. The Labute approximate surface area is 118 Å². The van der Waals surface area contributed by atoms with Crippen molar-refractivity contribution in [1.82, 2.24) is 10.6 Å². The number of nitrogens with one attached hydrogen (secondary N) is 2. The van der Waals surface area contributed by atoms with Crippen molar-refractivity contribution in [3.8, 4) is 0 Å². The van der Waals surface area contributed by atoms with Crippen molar-refractivity contribution < 1.29 is 14.7 Å². The van der Waals surface area contributed by atoms with Crippen LogP contribution in [0.1, 0.15) is 30.9 Å². The van der Waals surface area contributed by atoms with Gasteiger partial charge in [0.05, 0.1) is 6.04 Å². The summed E-state index contributed by atoms with van der Waals surface area (Å²) in [5.41, 5.74) is 2.43. The van der Waals surface area contributed by atoms with Crippen LogP contribution in [0.3, 0.4) is 0 Å². The lowest BCUT2D eigenvalue weighted by atomic mass is 9.95. The van der Waals surface area contributed by atoms with Crippen molar-refractivity contribution >= 4 is 11.9 Å². The second-order valence-corrected chi connectivity index (χ2v) is 5.25. The van der Waals surface area contributed by atoms with Crippen molar-refractivity contribution in [3.63, 3.8) is 0 Å². The standard InChI is InChI=1S/C15H20N2O3/c1-10(6-7-14(18)19)17-15(20)13-8-11-4-2-3-5-12(11)9-16-13/h2-5,10,13,16H,6-9H2,1H3,(H,17,20)(H,18,19)/t10?,13-/m0/s1. The molecule has 20 heavy (non-hydrogen) atoms. The summed E-state index contributed by atoms with van der Waals surface area (Å²) in [6.45, 7) is 2.52. The first-order chi connectivity index (χ1) is 9.56. The molecule has 2 rings (SSSR count). The van der Waals surface area contributed by atoms with Gasteiger partial charge in [-0.25, -0.2) is 0 Å². The molecule has 0 saturated carbocycles. The van der Waals surface area contributed by atoms with Crippen molar-refractivity contribution in [2.75, 3.05) is 0 Å². The van der Waals surface area contributed by atoms with Crippen LogP contribution < -0.4 is 10.6 Å². The van der Waals surface area contributed by atoms with E-state index >= 15 is 0 Å². The summed E-state index contributed by atoms with van der Waals surface area (Å²) in [4.78, 5) is 22.6. The number of carbonyl (C=O) groups excluding carboxylic acids is 1. The molecule has 0 saturated heterocycles. The summed E-state index contributed by atoms with van der Waals surface area (Å²) in [5.74, 6) is -0.895. The Morgan fingerprint density at radius 3 is 2.80 bits per heavy atom. The molecule has 1 unspecified atom stereocenters. The zero-order chi connectivity index (χ0) is 14.5. The lowest BCUT2D eigenvalue weighted by Crippen LogP contribution is -2.49. The van der Waals surface area contributed by atoms with Gasteiger partial charge in [-0.15, -0.1) is 0 Å². The highest BCUT2D eigenvalue weighted by Gasteiger charge is 2.24. The topological polar surface area (TPSA) is 78.4 Å². The molecule has 0 aromatic heterocycles. The van der Waals surface area contributed by atoms with Gasteiger partial charge in [-0.1, -0.05) is 24.3 Å². The van der Waals surface area contributed by atoms with Gasteiger partial charge in [0, 0.05) is 19.0 Å². The number of fused-ring (bicyclic) bond motifs is 1. The Kier molecular flexibility index (Phi) is 4.74. The van der Waals surface area contributed by atoms with Gasteiger partial charge >= 0.3 is 5.97 Å². The molecule has 2 atom stereocenters. The first kappa shape index (κ1) is 14.5. The molecule has 3 N–H and O–H groups in total. The van der Waals surface area contributed by atoms with Crippen LogP contribution in [0.2, 0.25) is 0 Å². The second kappa shape index (κ2) is 6.52. The minimum Gasteiger partial charge on any atom is -0.481 e. The van der Waals surface area contributed by atoms with Gasteiger partial charge in [0.15, 0.2) is 0 Å². The number of amides is 1. The number of aliphatic carboxylic acids is 1. The first-order valence-electron chi connectivity index (χ1n) is 6.88. The number of hydrogen-bond acceptors (Lipinski definition) is 3. The third-order valence-electron chi connectivity index (χ3n) is 3.58. The molecule has 5 nitrogen and oxygen atoms in total. The van der Waals surface area contributed by atoms with Crippen molar-refractivity contribution in [1.29, 1.82) is 0 Å². The molecule has 1 aromatic rings. The van der Waals surface area contributed by atoms with E-state index in [0.717, 1.165) is 0 Å². The Bertz CT molecular complexity index is 502. The predicted molar refractivity (Wildman–Crippen MR) is 75.2 cm³/mol. The van der Waals surface area contributed by atoms with Gasteiger partial charge in [-0.05, 0) is 30.9 Å². The van der Waals surface area contributed by atoms with Gasteiger partial charge in [0.1, 0.15) is 0 Å². The van der Waals surface area contributed by atoms with Gasteiger partial charge in [0.25, 0.3) is 0 Å². The van der Waals surface area contributed by atoms with Crippen molar-refractivity contribution in [2.24, 2.45) is 0 Å².